The van der Waals surface area contributed by atoms with Crippen molar-refractivity contribution in [1.29, 1.82) is 0 Å². The molecule has 2 atom stereocenters. The number of fused-ring (bicyclic) bond motifs is 1. The molecule has 4 heteroatoms. The number of nitrogens with zero attached hydrogens (tertiary/aromatic N) is 1. The zero-order valence-electron chi connectivity index (χ0n) is 11.3. The highest BCUT2D eigenvalue weighted by Crippen LogP contribution is 2.32. The van der Waals surface area contributed by atoms with Crippen LogP contribution in [0.2, 0.25) is 0 Å². The second-order valence-corrected chi connectivity index (χ2v) is 5.47. The number of anilines is 1. The Kier molecular flexibility index (Phi) is 3.83. The van der Waals surface area contributed by atoms with E-state index in [4.69, 9.17) is 5.11 Å². The average molecular weight is 274 g/mol. The van der Waals surface area contributed by atoms with Gasteiger partial charge in [0.05, 0.1) is 5.52 Å². The molecule has 1 heterocycles. The van der Waals surface area contributed by atoms with Crippen molar-refractivity contribution in [2.45, 2.75) is 31.7 Å². The Bertz CT molecular complexity index is 602. The average Bonchev–Trinajstić information content (AvgIpc) is 2.86. The van der Waals surface area contributed by atoms with E-state index < -0.39 is 0 Å². The van der Waals surface area contributed by atoms with Gasteiger partial charge in [-0.25, -0.2) is 4.39 Å². The van der Waals surface area contributed by atoms with Crippen molar-refractivity contribution in [2.24, 2.45) is 5.92 Å². The molecular weight excluding hydrogens is 255 g/mol. The first-order valence-electron chi connectivity index (χ1n) is 7.19. The summed E-state index contributed by atoms with van der Waals surface area (Å²) in [7, 11) is 0. The van der Waals surface area contributed by atoms with E-state index in [0.29, 0.717) is 17.5 Å². The van der Waals surface area contributed by atoms with Crippen LogP contribution in [0, 0.1) is 11.7 Å². The standard InChI is InChI=1S/C16H19FN2O/c17-12-4-5-13-15(6-8-18-16(13)10-12)19-14-3-1-2-11(14)7-9-20/h4-6,8,10-11,14,20H,1-3,7,9H2,(H,18,19). The summed E-state index contributed by atoms with van der Waals surface area (Å²) in [6, 6.07) is 7.03. The van der Waals surface area contributed by atoms with E-state index in [1.54, 1.807) is 12.3 Å². The summed E-state index contributed by atoms with van der Waals surface area (Å²) in [5.74, 6) is 0.254. The third-order valence-electron chi connectivity index (χ3n) is 4.20. The second-order valence-electron chi connectivity index (χ2n) is 5.47. The molecule has 2 N–H and O–H groups in total. The summed E-state index contributed by atoms with van der Waals surface area (Å²) in [4.78, 5) is 4.21. The van der Waals surface area contributed by atoms with E-state index in [9.17, 15) is 4.39 Å². The fraction of sp³-hybridized carbons (Fsp3) is 0.438. The summed E-state index contributed by atoms with van der Waals surface area (Å²) in [6.07, 6.45) is 6.03. The molecule has 0 saturated heterocycles. The van der Waals surface area contributed by atoms with Gasteiger partial charge in [-0.2, -0.15) is 0 Å². The molecule has 1 aliphatic carbocycles. The molecule has 1 aromatic carbocycles. The molecule has 0 aliphatic heterocycles. The van der Waals surface area contributed by atoms with Crippen LogP contribution in [-0.2, 0) is 0 Å². The molecule has 0 bridgehead atoms. The quantitative estimate of drug-likeness (QED) is 0.898. The molecule has 106 valence electrons. The molecule has 20 heavy (non-hydrogen) atoms. The summed E-state index contributed by atoms with van der Waals surface area (Å²) in [6.45, 7) is 0.241. The number of aliphatic hydroxyl groups excluding tert-OH is 1. The van der Waals surface area contributed by atoms with Gasteiger partial charge in [0.25, 0.3) is 0 Å². The molecule has 1 aromatic heterocycles. The fourth-order valence-electron chi connectivity index (χ4n) is 3.19. The van der Waals surface area contributed by atoms with Crippen LogP contribution in [0.1, 0.15) is 25.7 Å². The Labute approximate surface area is 117 Å². The maximum Gasteiger partial charge on any atom is 0.125 e. The minimum absolute atomic E-state index is 0.241. The summed E-state index contributed by atoms with van der Waals surface area (Å²) >= 11 is 0. The number of halogens is 1. The van der Waals surface area contributed by atoms with Gasteiger partial charge in [-0.3, -0.25) is 4.98 Å². The zero-order chi connectivity index (χ0) is 13.9. The number of aliphatic hydroxyl groups is 1. The van der Waals surface area contributed by atoms with Crippen molar-refractivity contribution in [1.82, 2.24) is 4.98 Å². The van der Waals surface area contributed by atoms with E-state index in [1.807, 2.05) is 6.07 Å². The van der Waals surface area contributed by atoms with E-state index in [0.717, 1.165) is 30.3 Å². The van der Waals surface area contributed by atoms with Gasteiger partial charge in [0.1, 0.15) is 5.82 Å². The van der Waals surface area contributed by atoms with Crippen molar-refractivity contribution in [2.75, 3.05) is 11.9 Å². The summed E-state index contributed by atoms with van der Waals surface area (Å²) in [5.41, 5.74) is 1.68. The third kappa shape index (κ3) is 2.61. The van der Waals surface area contributed by atoms with E-state index in [2.05, 4.69) is 10.3 Å². The first-order chi connectivity index (χ1) is 9.78. The van der Waals surface area contributed by atoms with Crippen LogP contribution < -0.4 is 5.32 Å². The predicted molar refractivity (Wildman–Crippen MR) is 78.2 cm³/mol. The summed E-state index contributed by atoms with van der Waals surface area (Å²) in [5, 5.41) is 13.6. The molecule has 0 spiro atoms. The Morgan fingerprint density at radius 2 is 2.20 bits per heavy atom. The maximum absolute atomic E-state index is 13.2. The number of benzene rings is 1. The molecule has 0 amide bonds. The van der Waals surface area contributed by atoms with Crippen LogP contribution in [0.25, 0.3) is 10.9 Å². The van der Waals surface area contributed by atoms with Crippen LogP contribution in [0.15, 0.2) is 30.5 Å². The maximum atomic E-state index is 13.2. The molecule has 2 unspecified atom stereocenters. The van der Waals surface area contributed by atoms with Crippen molar-refractivity contribution in [3.63, 3.8) is 0 Å². The first kappa shape index (κ1) is 13.3. The topological polar surface area (TPSA) is 45.1 Å². The number of hydrogen-bond acceptors (Lipinski definition) is 3. The molecule has 1 fully saturated rings. The van der Waals surface area contributed by atoms with Crippen molar-refractivity contribution >= 4 is 16.6 Å². The van der Waals surface area contributed by atoms with Crippen molar-refractivity contribution < 1.29 is 9.50 Å². The highest BCUT2D eigenvalue weighted by atomic mass is 19.1. The van der Waals surface area contributed by atoms with Gasteiger partial charge < -0.3 is 10.4 Å². The van der Waals surface area contributed by atoms with Gasteiger partial charge in [-0.15, -0.1) is 0 Å². The van der Waals surface area contributed by atoms with Crippen LogP contribution in [0.5, 0.6) is 0 Å². The van der Waals surface area contributed by atoms with Gasteiger partial charge >= 0.3 is 0 Å². The molecular formula is C16H19FN2O. The molecule has 0 radical (unpaired) electrons. The van der Waals surface area contributed by atoms with Crippen LogP contribution in [0.4, 0.5) is 10.1 Å². The monoisotopic (exact) mass is 274 g/mol. The SMILES string of the molecule is OCCC1CCCC1Nc1ccnc2cc(F)ccc12. The largest absolute Gasteiger partial charge is 0.396 e. The highest BCUT2D eigenvalue weighted by molar-refractivity contribution is 5.91. The Hall–Kier alpha value is -1.68. The van der Waals surface area contributed by atoms with Crippen molar-refractivity contribution in [3.05, 3.63) is 36.3 Å². The minimum atomic E-state index is -0.263. The normalized spacial score (nSPS) is 22.3. The van der Waals surface area contributed by atoms with Crippen molar-refractivity contribution in [3.8, 4) is 0 Å². The van der Waals surface area contributed by atoms with Gasteiger partial charge in [-0.05, 0) is 43.4 Å². The van der Waals surface area contributed by atoms with E-state index >= 15 is 0 Å². The first-order valence-corrected chi connectivity index (χ1v) is 7.19. The fourth-order valence-corrected chi connectivity index (χ4v) is 3.19. The second kappa shape index (κ2) is 5.75. The number of aromatic nitrogens is 1. The number of nitrogens with one attached hydrogen (secondary N) is 1. The van der Waals surface area contributed by atoms with Crippen LogP contribution >= 0.6 is 0 Å². The van der Waals surface area contributed by atoms with E-state index in [1.165, 1.54) is 18.6 Å². The molecule has 1 saturated carbocycles. The molecule has 3 nitrogen and oxygen atoms in total. The summed E-state index contributed by atoms with van der Waals surface area (Å²) < 4.78 is 13.2. The third-order valence-corrected chi connectivity index (χ3v) is 4.20. The Morgan fingerprint density at radius 1 is 1.30 bits per heavy atom. The molecule has 3 rings (SSSR count). The van der Waals surface area contributed by atoms with Crippen LogP contribution in [0.3, 0.4) is 0 Å². The zero-order valence-corrected chi connectivity index (χ0v) is 11.3. The van der Waals surface area contributed by atoms with E-state index in [-0.39, 0.29) is 12.4 Å². The lowest BCUT2D eigenvalue weighted by Gasteiger charge is -2.22. The number of pyridine rings is 1. The lowest BCUT2D eigenvalue weighted by atomic mass is 9.99. The van der Waals surface area contributed by atoms with Gasteiger partial charge in [-0.1, -0.05) is 6.42 Å². The lowest BCUT2D eigenvalue weighted by molar-refractivity contribution is 0.254. The Balaban J connectivity index is 1.87. The van der Waals surface area contributed by atoms with Gasteiger partial charge in [0, 0.05) is 36.0 Å². The highest BCUT2D eigenvalue weighted by Gasteiger charge is 2.26. The predicted octanol–water partition coefficient (Wildman–Crippen LogP) is 3.34. The molecule has 1 aliphatic rings. The minimum Gasteiger partial charge on any atom is -0.396 e. The molecule has 2 aromatic rings. The van der Waals surface area contributed by atoms with Crippen LogP contribution in [-0.4, -0.2) is 22.7 Å². The van der Waals surface area contributed by atoms with Gasteiger partial charge in [0.2, 0.25) is 0 Å². The smallest absolute Gasteiger partial charge is 0.125 e. The lowest BCUT2D eigenvalue weighted by Crippen LogP contribution is -2.24. The number of hydrogen-bond donors (Lipinski definition) is 2. The van der Waals surface area contributed by atoms with Gasteiger partial charge in [0.15, 0.2) is 0 Å². The number of rotatable bonds is 4. The Morgan fingerprint density at radius 3 is 3.05 bits per heavy atom.